The summed E-state index contributed by atoms with van der Waals surface area (Å²) in [5.74, 6) is 0. The minimum Gasteiger partial charge on any atom is -0.327 e. The molecule has 0 bridgehead atoms. The van der Waals surface area contributed by atoms with E-state index < -0.39 is 0 Å². The molecular weight excluding hydrogens is 228 g/mol. The van der Waals surface area contributed by atoms with Crippen LogP contribution in [0.2, 0.25) is 0 Å². The maximum Gasteiger partial charge on any atom is 0.0622 e. The summed E-state index contributed by atoms with van der Waals surface area (Å²) in [5, 5.41) is 0. The van der Waals surface area contributed by atoms with Crippen molar-refractivity contribution in [2.24, 2.45) is 5.73 Å². The third-order valence-corrected chi connectivity index (χ3v) is 3.53. The van der Waals surface area contributed by atoms with E-state index in [-0.39, 0.29) is 11.5 Å². The fourth-order valence-corrected chi connectivity index (χ4v) is 2.44. The number of halogens is 1. The van der Waals surface area contributed by atoms with Crippen molar-refractivity contribution in [3.05, 3.63) is 28.5 Å². The fraction of sp³-hybridized carbons (Fsp3) is 0.500. The molecule has 0 aromatic carbocycles. The van der Waals surface area contributed by atoms with E-state index in [1.807, 2.05) is 18.3 Å². The lowest BCUT2D eigenvalue weighted by atomic mass is 9.94. The normalized spacial score (nSPS) is 21.2. The lowest BCUT2D eigenvalue weighted by Crippen LogP contribution is -2.32. The topological polar surface area (TPSA) is 38.9 Å². The van der Waals surface area contributed by atoms with Crippen molar-refractivity contribution < 1.29 is 0 Å². The molecule has 0 saturated heterocycles. The van der Waals surface area contributed by atoms with Crippen molar-refractivity contribution in [1.29, 1.82) is 0 Å². The van der Waals surface area contributed by atoms with Gasteiger partial charge in [0.05, 0.1) is 5.69 Å². The van der Waals surface area contributed by atoms with E-state index in [1.54, 1.807) is 0 Å². The Labute approximate surface area is 86.7 Å². The van der Waals surface area contributed by atoms with Crippen LogP contribution >= 0.6 is 15.9 Å². The largest absolute Gasteiger partial charge is 0.327 e. The summed E-state index contributed by atoms with van der Waals surface area (Å²) in [7, 11) is 0. The van der Waals surface area contributed by atoms with Crippen LogP contribution in [0.1, 0.15) is 25.5 Å². The highest BCUT2D eigenvalue weighted by atomic mass is 79.9. The van der Waals surface area contributed by atoms with Gasteiger partial charge in [-0.2, -0.15) is 0 Å². The van der Waals surface area contributed by atoms with Crippen LogP contribution in [0, 0.1) is 0 Å². The Bertz CT molecular complexity index is 318. The van der Waals surface area contributed by atoms with E-state index in [1.165, 1.54) is 12.8 Å². The lowest BCUT2D eigenvalue weighted by molar-refractivity contribution is 0.540. The summed E-state index contributed by atoms with van der Waals surface area (Å²) in [4.78, 5) is 4.41. The molecule has 1 aliphatic rings. The lowest BCUT2D eigenvalue weighted by Gasteiger charge is -2.19. The highest BCUT2D eigenvalue weighted by molar-refractivity contribution is 9.10. The quantitative estimate of drug-likeness (QED) is 0.862. The summed E-state index contributed by atoms with van der Waals surface area (Å²) < 4.78 is 1.09. The molecule has 1 saturated carbocycles. The molecule has 3 heteroatoms. The van der Waals surface area contributed by atoms with Gasteiger partial charge < -0.3 is 5.73 Å². The van der Waals surface area contributed by atoms with Crippen LogP contribution in [0.15, 0.2) is 22.8 Å². The highest BCUT2D eigenvalue weighted by Crippen LogP contribution is 2.51. The highest BCUT2D eigenvalue weighted by Gasteiger charge is 2.49. The van der Waals surface area contributed by atoms with E-state index in [9.17, 15) is 0 Å². The molecule has 13 heavy (non-hydrogen) atoms. The van der Waals surface area contributed by atoms with Crippen molar-refractivity contribution in [2.45, 2.75) is 31.2 Å². The second kappa shape index (κ2) is 3.07. The standard InChI is InChI=1S/C10H13BrN2/c1-7(12)10(4-5-10)9-8(11)3-2-6-13-9/h2-3,6-7H,4-5,12H2,1H3. The van der Waals surface area contributed by atoms with Crippen LogP contribution in [0.5, 0.6) is 0 Å². The van der Waals surface area contributed by atoms with Crippen LogP contribution in [-0.4, -0.2) is 11.0 Å². The molecule has 70 valence electrons. The van der Waals surface area contributed by atoms with E-state index in [4.69, 9.17) is 5.73 Å². The summed E-state index contributed by atoms with van der Waals surface area (Å²) >= 11 is 3.52. The zero-order chi connectivity index (χ0) is 9.47. The van der Waals surface area contributed by atoms with Crippen LogP contribution in [-0.2, 0) is 5.41 Å². The Kier molecular flexibility index (Phi) is 2.16. The first kappa shape index (κ1) is 9.16. The molecule has 2 nitrogen and oxygen atoms in total. The van der Waals surface area contributed by atoms with Gasteiger partial charge in [-0.1, -0.05) is 0 Å². The molecule has 1 aliphatic carbocycles. The minimum absolute atomic E-state index is 0.153. The van der Waals surface area contributed by atoms with E-state index in [0.717, 1.165) is 10.2 Å². The molecule has 0 aliphatic heterocycles. The van der Waals surface area contributed by atoms with Gasteiger partial charge in [0.25, 0.3) is 0 Å². The Morgan fingerprint density at radius 2 is 2.31 bits per heavy atom. The van der Waals surface area contributed by atoms with Crippen LogP contribution in [0.25, 0.3) is 0 Å². The summed E-state index contributed by atoms with van der Waals surface area (Å²) in [6.07, 6.45) is 4.17. The van der Waals surface area contributed by atoms with Crippen LogP contribution in [0.3, 0.4) is 0 Å². The Morgan fingerprint density at radius 3 is 2.77 bits per heavy atom. The second-order valence-corrected chi connectivity index (χ2v) is 4.63. The minimum atomic E-state index is 0.153. The van der Waals surface area contributed by atoms with Gasteiger partial charge >= 0.3 is 0 Å². The van der Waals surface area contributed by atoms with Gasteiger partial charge in [0.2, 0.25) is 0 Å². The third kappa shape index (κ3) is 1.40. The maximum absolute atomic E-state index is 5.97. The Hall–Kier alpha value is -0.410. The fourth-order valence-electron chi connectivity index (χ4n) is 1.79. The monoisotopic (exact) mass is 240 g/mol. The predicted molar refractivity (Wildman–Crippen MR) is 56.5 cm³/mol. The van der Waals surface area contributed by atoms with Gasteiger partial charge in [-0.05, 0) is 47.8 Å². The first-order valence-electron chi connectivity index (χ1n) is 4.53. The van der Waals surface area contributed by atoms with Crippen molar-refractivity contribution in [1.82, 2.24) is 4.98 Å². The molecule has 2 N–H and O–H groups in total. The zero-order valence-corrected chi connectivity index (χ0v) is 9.21. The Morgan fingerprint density at radius 1 is 1.62 bits per heavy atom. The molecule has 2 rings (SSSR count). The van der Waals surface area contributed by atoms with Gasteiger partial charge in [0, 0.05) is 22.1 Å². The first-order chi connectivity index (χ1) is 6.17. The van der Waals surface area contributed by atoms with Gasteiger partial charge in [-0.15, -0.1) is 0 Å². The molecule has 0 radical (unpaired) electrons. The number of hydrogen-bond donors (Lipinski definition) is 1. The van der Waals surface area contributed by atoms with Crippen LogP contribution in [0.4, 0.5) is 0 Å². The van der Waals surface area contributed by atoms with Gasteiger partial charge in [-0.25, -0.2) is 0 Å². The SMILES string of the molecule is CC(N)C1(c2ncccc2Br)CC1. The van der Waals surface area contributed by atoms with E-state index in [0.29, 0.717) is 0 Å². The number of rotatable bonds is 2. The molecule has 1 aromatic heterocycles. The van der Waals surface area contributed by atoms with Gasteiger partial charge in [0.1, 0.15) is 0 Å². The molecule has 1 fully saturated rings. The molecule has 0 spiro atoms. The van der Waals surface area contributed by atoms with Crippen LogP contribution < -0.4 is 5.73 Å². The summed E-state index contributed by atoms with van der Waals surface area (Å²) in [6.45, 7) is 2.06. The zero-order valence-electron chi connectivity index (χ0n) is 7.63. The van der Waals surface area contributed by atoms with Crippen molar-refractivity contribution >= 4 is 15.9 Å². The molecule has 0 amide bonds. The number of nitrogens with zero attached hydrogens (tertiary/aromatic N) is 1. The molecule has 1 aromatic rings. The van der Waals surface area contributed by atoms with Crippen molar-refractivity contribution in [3.63, 3.8) is 0 Å². The van der Waals surface area contributed by atoms with Crippen molar-refractivity contribution in [2.75, 3.05) is 0 Å². The molecular formula is C10H13BrN2. The predicted octanol–water partition coefficient (Wildman–Crippen LogP) is 2.22. The summed E-state index contributed by atoms with van der Waals surface area (Å²) in [6, 6.07) is 4.16. The van der Waals surface area contributed by atoms with Gasteiger partial charge in [0.15, 0.2) is 0 Å². The number of pyridine rings is 1. The Balaban J connectivity index is 2.41. The van der Waals surface area contributed by atoms with E-state index >= 15 is 0 Å². The van der Waals surface area contributed by atoms with E-state index in [2.05, 4.69) is 27.8 Å². The number of nitrogens with two attached hydrogens (primary N) is 1. The maximum atomic E-state index is 5.97. The summed E-state index contributed by atoms with van der Waals surface area (Å²) in [5.41, 5.74) is 7.26. The molecule has 1 heterocycles. The molecule has 1 unspecified atom stereocenters. The average Bonchev–Trinajstić information content (AvgIpc) is 2.85. The first-order valence-corrected chi connectivity index (χ1v) is 5.33. The number of hydrogen-bond acceptors (Lipinski definition) is 2. The number of aromatic nitrogens is 1. The third-order valence-electron chi connectivity index (χ3n) is 2.89. The average molecular weight is 241 g/mol. The smallest absolute Gasteiger partial charge is 0.0622 e. The second-order valence-electron chi connectivity index (χ2n) is 3.78. The van der Waals surface area contributed by atoms with Gasteiger partial charge in [-0.3, -0.25) is 4.98 Å². The molecule has 1 atom stereocenters. The van der Waals surface area contributed by atoms with Crippen molar-refractivity contribution in [3.8, 4) is 0 Å².